The summed E-state index contributed by atoms with van der Waals surface area (Å²) in [7, 11) is -2.77. The Morgan fingerprint density at radius 1 is 1.45 bits per heavy atom. The van der Waals surface area contributed by atoms with Crippen molar-refractivity contribution in [1.29, 1.82) is 0 Å². The highest BCUT2D eigenvalue weighted by atomic mass is 32.2. The van der Waals surface area contributed by atoms with Gasteiger partial charge >= 0.3 is 5.97 Å². The minimum Gasteiger partial charge on any atom is -0.465 e. The number of aromatic nitrogens is 2. The number of nitrogens with one attached hydrogen (secondary N) is 2. The van der Waals surface area contributed by atoms with Crippen molar-refractivity contribution >= 4 is 21.7 Å². The summed E-state index contributed by atoms with van der Waals surface area (Å²) in [6.07, 6.45) is 2.33. The molecule has 0 fully saturated rings. The Kier molecular flexibility index (Phi) is 3.70. The number of halogens is 1. The van der Waals surface area contributed by atoms with Gasteiger partial charge in [0.1, 0.15) is 5.82 Å². The van der Waals surface area contributed by atoms with Gasteiger partial charge in [-0.3, -0.25) is 4.72 Å². The number of nitrogens with zero attached hydrogens (tertiary/aromatic N) is 1. The largest absolute Gasteiger partial charge is 0.465 e. The van der Waals surface area contributed by atoms with Gasteiger partial charge in [-0.1, -0.05) is 0 Å². The van der Waals surface area contributed by atoms with E-state index < -0.39 is 21.8 Å². The van der Waals surface area contributed by atoms with Crippen LogP contribution in [0, 0.1) is 5.82 Å². The lowest BCUT2D eigenvalue weighted by Gasteiger charge is -2.08. The highest BCUT2D eigenvalue weighted by Crippen LogP contribution is 2.18. The van der Waals surface area contributed by atoms with Crippen molar-refractivity contribution in [3.63, 3.8) is 0 Å². The number of carbonyl (C=O) groups is 1. The van der Waals surface area contributed by atoms with Crippen molar-refractivity contribution in [1.82, 2.24) is 9.97 Å². The third kappa shape index (κ3) is 2.77. The second kappa shape index (κ2) is 5.29. The number of hydrogen-bond acceptors (Lipinski definition) is 5. The molecule has 0 radical (unpaired) electrons. The monoisotopic (exact) mass is 299 g/mol. The molecule has 0 spiro atoms. The Labute approximate surface area is 113 Å². The average molecular weight is 299 g/mol. The first kappa shape index (κ1) is 14.0. The zero-order valence-corrected chi connectivity index (χ0v) is 11.1. The van der Waals surface area contributed by atoms with E-state index in [0.717, 1.165) is 25.4 Å². The maximum absolute atomic E-state index is 13.4. The van der Waals surface area contributed by atoms with Crippen LogP contribution in [0.15, 0.2) is 35.7 Å². The molecule has 1 aromatic heterocycles. The average Bonchev–Trinajstić information content (AvgIpc) is 2.94. The molecule has 20 heavy (non-hydrogen) atoms. The van der Waals surface area contributed by atoms with Gasteiger partial charge in [0.25, 0.3) is 10.0 Å². The number of rotatable bonds is 4. The molecule has 0 saturated heterocycles. The maximum Gasteiger partial charge on any atom is 0.340 e. The van der Waals surface area contributed by atoms with Crippen LogP contribution in [0.25, 0.3) is 0 Å². The second-order valence-corrected chi connectivity index (χ2v) is 5.36. The molecule has 0 saturated carbocycles. The van der Waals surface area contributed by atoms with Crippen LogP contribution in [0.3, 0.4) is 0 Å². The standard InChI is InChI=1S/C11H10FN3O4S/c1-19-11(16)8-4-7(2-3-9(8)12)15-20(17,18)10-5-13-6-14-10/h2-6,15H,1H3,(H,13,14). The summed E-state index contributed by atoms with van der Waals surface area (Å²) in [5.41, 5.74) is -0.335. The number of benzene rings is 1. The van der Waals surface area contributed by atoms with E-state index in [0.29, 0.717) is 0 Å². The lowest BCUT2D eigenvalue weighted by Crippen LogP contribution is -2.14. The van der Waals surface area contributed by atoms with Gasteiger partial charge in [-0.15, -0.1) is 0 Å². The Hall–Kier alpha value is -2.42. The van der Waals surface area contributed by atoms with Crippen LogP contribution < -0.4 is 4.72 Å². The fourth-order valence-corrected chi connectivity index (χ4v) is 2.41. The van der Waals surface area contributed by atoms with Crippen molar-refractivity contribution in [2.24, 2.45) is 0 Å². The zero-order chi connectivity index (χ0) is 14.8. The third-order valence-electron chi connectivity index (χ3n) is 2.39. The van der Waals surface area contributed by atoms with Gasteiger partial charge < -0.3 is 9.72 Å². The Bertz CT molecular complexity index is 728. The van der Waals surface area contributed by atoms with E-state index >= 15 is 0 Å². The predicted molar refractivity (Wildman–Crippen MR) is 67.1 cm³/mol. The van der Waals surface area contributed by atoms with Crippen molar-refractivity contribution in [2.45, 2.75) is 5.03 Å². The first-order valence-corrected chi connectivity index (χ1v) is 6.81. The number of esters is 1. The Morgan fingerprint density at radius 2 is 2.20 bits per heavy atom. The Morgan fingerprint density at radius 3 is 2.80 bits per heavy atom. The van der Waals surface area contributed by atoms with E-state index in [1.165, 1.54) is 12.4 Å². The topological polar surface area (TPSA) is 101 Å². The summed E-state index contributed by atoms with van der Waals surface area (Å²) in [5, 5.41) is -0.151. The summed E-state index contributed by atoms with van der Waals surface area (Å²) in [5.74, 6) is -1.70. The molecule has 7 nitrogen and oxygen atoms in total. The number of ether oxygens (including phenoxy) is 1. The van der Waals surface area contributed by atoms with E-state index in [2.05, 4.69) is 19.4 Å². The summed E-state index contributed by atoms with van der Waals surface area (Å²) in [4.78, 5) is 17.3. The van der Waals surface area contributed by atoms with Crippen molar-refractivity contribution in [2.75, 3.05) is 11.8 Å². The number of imidazole rings is 1. The summed E-state index contributed by atoms with van der Waals surface area (Å²) in [6.45, 7) is 0. The summed E-state index contributed by atoms with van der Waals surface area (Å²) in [6, 6.07) is 3.21. The van der Waals surface area contributed by atoms with Gasteiger partial charge in [0.2, 0.25) is 0 Å². The van der Waals surface area contributed by atoms with E-state index in [9.17, 15) is 17.6 Å². The zero-order valence-electron chi connectivity index (χ0n) is 10.3. The molecule has 0 aliphatic heterocycles. The van der Waals surface area contributed by atoms with Crippen molar-refractivity contribution in [3.05, 3.63) is 42.1 Å². The molecule has 0 aliphatic rings. The van der Waals surface area contributed by atoms with Gasteiger partial charge in [-0.25, -0.2) is 14.2 Å². The first-order valence-electron chi connectivity index (χ1n) is 5.33. The van der Waals surface area contributed by atoms with Gasteiger partial charge in [0.05, 0.1) is 25.2 Å². The highest BCUT2D eigenvalue weighted by molar-refractivity contribution is 7.92. The molecule has 0 aliphatic carbocycles. The van der Waals surface area contributed by atoms with Crippen LogP contribution in [-0.4, -0.2) is 31.5 Å². The van der Waals surface area contributed by atoms with Crippen LogP contribution in [0.1, 0.15) is 10.4 Å². The quantitative estimate of drug-likeness (QED) is 0.824. The molecule has 0 bridgehead atoms. The predicted octanol–water partition coefficient (Wildman–Crippen LogP) is 1.14. The van der Waals surface area contributed by atoms with Crippen LogP contribution in [0.2, 0.25) is 0 Å². The number of carbonyl (C=O) groups excluding carboxylic acids is 1. The molecular weight excluding hydrogens is 289 g/mol. The fraction of sp³-hybridized carbons (Fsp3) is 0.0909. The van der Waals surface area contributed by atoms with E-state index in [-0.39, 0.29) is 16.3 Å². The molecule has 0 unspecified atom stereocenters. The molecule has 1 heterocycles. The smallest absolute Gasteiger partial charge is 0.340 e. The van der Waals surface area contributed by atoms with Gasteiger partial charge in [-0.2, -0.15) is 8.42 Å². The lowest BCUT2D eigenvalue weighted by molar-refractivity contribution is 0.0595. The molecule has 0 amide bonds. The normalized spacial score (nSPS) is 11.1. The first-order chi connectivity index (χ1) is 9.44. The molecule has 1 aromatic carbocycles. The van der Waals surface area contributed by atoms with Crippen LogP contribution in [0.5, 0.6) is 0 Å². The molecular formula is C11H10FN3O4S. The number of anilines is 1. The molecule has 0 atom stereocenters. The Balaban J connectivity index is 2.33. The van der Waals surface area contributed by atoms with Crippen LogP contribution in [0.4, 0.5) is 10.1 Å². The minimum atomic E-state index is -3.87. The molecule has 9 heteroatoms. The lowest BCUT2D eigenvalue weighted by atomic mass is 10.2. The molecule has 2 N–H and O–H groups in total. The van der Waals surface area contributed by atoms with Crippen LogP contribution in [-0.2, 0) is 14.8 Å². The van der Waals surface area contributed by atoms with E-state index in [1.807, 2.05) is 0 Å². The SMILES string of the molecule is COC(=O)c1cc(NS(=O)(=O)c2cnc[nH]2)ccc1F. The summed E-state index contributed by atoms with van der Waals surface area (Å²) < 4.78 is 43.8. The number of methoxy groups -OCH3 is 1. The second-order valence-electron chi connectivity index (χ2n) is 3.71. The van der Waals surface area contributed by atoms with E-state index in [4.69, 9.17) is 0 Å². The van der Waals surface area contributed by atoms with Crippen molar-refractivity contribution in [3.8, 4) is 0 Å². The number of aromatic amines is 1. The minimum absolute atomic E-state index is 0.0291. The van der Waals surface area contributed by atoms with Crippen LogP contribution >= 0.6 is 0 Å². The number of H-pyrrole nitrogens is 1. The third-order valence-corrected chi connectivity index (χ3v) is 3.69. The van der Waals surface area contributed by atoms with Gasteiger partial charge in [0.15, 0.2) is 5.03 Å². The molecule has 2 aromatic rings. The van der Waals surface area contributed by atoms with Gasteiger partial charge in [-0.05, 0) is 18.2 Å². The summed E-state index contributed by atoms with van der Waals surface area (Å²) >= 11 is 0. The number of hydrogen-bond donors (Lipinski definition) is 2. The number of sulfonamides is 1. The molecule has 106 valence electrons. The van der Waals surface area contributed by atoms with Gasteiger partial charge in [0, 0.05) is 5.69 Å². The highest BCUT2D eigenvalue weighted by Gasteiger charge is 2.18. The van der Waals surface area contributed by atoms with Crippen molar-refractivity contribution < 1.29 is 22.3 Å². The van der Waals surface area contributed by atoms with E-state index in [1.54, 1.807) is 0 Å². The molecule has 2 rings (SSSR count). The fourth-order valence-electron chi connectivity index (χ4n) is 1.46. The maximum atomic E-state index is 13.4.